The number of benzene rings is 1. The molecule has 0 saturated carbocycles. The first-order chi connectivity index (χ1) is 9.20. The molecule has 1 aliphatic rings. The summed E-state index contributed by atoms with van der Waals surface area (Å²) in [6.45, 7) is 2.93. The van der Waals surface area contributed by atoms with Gasteiger partial charge < -0.3 is 15.2 Å². The summed E-state index contributed by atoms with van der Waals surface area (Å²) in [6.07, 6.45) is 0.783. The number of amides is 1. The molecule has 1 amide bonds. The predicted molar refractivity (Wildman–Crippen MR) is 72.7 cm³/mol. The van der Waals surface area contributed by atoms with Crippen molar-refractivity contribution < 1.29 is 14.6 Å². The molecule has 1 saturated heterocycles. The molecular formula is C15H17NO3. The van der Waals surface area contributed by atoms with E-state index in [4.69, 9.17) is 9.84 Å². The number of aliphatic hydroxyl groups excluding tert-OH is 1. The third-order valence-electron chi connectivity index (χ3n) is 3.10. The summed E-state index contributed by atoms with van der Waals surface area (Å²) in [6, 6.07) is 5.56. The fraction of sp³-hybridized carbons (Fsp3) is 0.400. The molecule has 0 aliphatic carbocycles. The second-order valence-electron chi connectivity index (χ2n) is 4.54. The SMILES string of the molecule is Cc1cc(C#CCO)ccc1NC(=O)C1CCOC1. The van der Waals surface area contributed by atoms with Gasteiger partial charge in [0.2, 0.25) is 5.91 Å². The predicted octanol–water partition coefficient (Wildman–Crippen LogP) is 1.31. The van der Waals surface area contributed by atoms with Gasteiger partial charge in [-0.25, -0.2) is 0 Å². The minimum atomic E-state index is -0.154. The van der Waals surface area contributed by atoms with Crippen molar-refractivity contribution in [3.8, 4) is 11.8 Å². The minimum absolute atomic E-state index is 0.00907. The molecule has 1 fully saturated rings. The minimum Gasteiger partial charge on any atom is -0.384 e. The van der Waals surface area contributed by atoms with Crippen molar-refractivity contribution in [2.24, 2.45) is 5.92 Å². The number of aliphatic hydroxyl groups is 1. The average molecular weight is 259 g/mol. The molecule has 2 N–H and O–H groups in total. The highest BCUT2D eigenvalue weighted by Gasteiger charge is 2.23. The van der Waals surface area contributed by atoms with Crippen molar-refractivity contribution in [2.75, 3.05) is 25.1 Å². The molecule has 100 valence electrons. The number of anilines is 1. The van der Waals surface area contributed by atoms with Crippen LogP contribution in [0.1, 0.15) is 17.5 Å². The first-order valence-electron chi connectivity index (χ1n) is 6.29. The largest absolute Gasteiger partial charge is 0.384 e. The maximum absolute atomic E-state index is 12.0. The molecule has 1 aromatic rings. The Hall–Kier alpha value is -1.83. The van der Waals surface area contributed by atoms with E-state index in [0.29, 0.717) is 13.2 Å². The molecule has 1 aliphatic heterocycles. The van der Waals surface area contributed by atoms with Crippen molar-refractivity contribution in [2.45, 2.75) is 13.3 Å². The Morgan fingerprint density at radius 3 is 3.05 bits per heavy atom. The standard InChI is InChI=1S/C15H17NO3/c1-11-9-12(3-2-7-17)4-5-14(11)16-15(18)13-6-8-19-10-13/h4-5,9,13,17H,6-8,10H2,1H3,(H,16,18). The number of aryl methyl sites for hydroxylation is 1. The lowest BCUT2D eigenvalue weighted by Gasteiger charge is -2.11. The zero-order chi connectivity index (χ0) is 13.7. The molecule has 1 atom stereocenters. The summed E-state index contributed by atoms with van der Waals surface area (Å²) >= 11 is 0. The molecule has 0 radical (unpaired) electrons. The van der Waals surface area contributed by atoms with Gasteiger partial charge in [0.15, 0.2) is 0 Å². The number of ether oxygens (including phenoxy) is 1. The Bertz CT molecular complexity index is 522. The van der Waals surface area contributed by atoms with E-state index in [1.54, 1.807) is 0 Å². The van der Waals surface area contributed by atoms with E-state index in [0.717, 1.165) is 23.2 Å². The summed E-state index contributed by atoms with van der Waals surface area (Å²) in [5.41, 5.74) is 2.58. The maximum Gasteiger partial charge on any atom is 0.229 e. The van der Waals surface area contributed by atoms with E-state index in [-0.39, 0.29) is 18.4 Å². The molecule has 4 heteroatoms. The van der Waals surface area contributed by atoms with Crippen LogP contribution in [0.15, 0.2) is 18.2 Å². The fourth-order valence-corrected chi connectivity index (χ4v) is 2.00. The normalized spacial score (nSPS) is 17.7. The number of rotatable bonds is 2. The molecule has 1 heterocycles. The van der Waals surface area contributed by atoms with E-state index in [1.165, 1.54) is 0 Å². The van der Waals surface area contributed by atoms with Crippen LogP contribution in [0.3, 0.4) is 0 Å². The number of hydrogen-bond donors (Lipinski definition) is 2. The third kappa shape index (κ3) is 3.57. The summed E-state index contributed by atoms with van der Waals surface area (Å²) < 4.78 is 5.21. The number of carbonyl (C=O) groups is 1. The third-order valence-corrected chi connectivity index (χ3v) is 3.10. The maximum atomic E-state index is 12.0. The first-order valence-corrected chi connectivity index (χ1v) is 6.29. The van der Waals surface area contributed by atoms with Gasteiger partial charge in [-0.05, 0) is 37.1 Å². The topological polar surface area (TPSA) is 58.6 Å². The summed E-state index contributed by atoms with van der Waals surface area (Å²) in [4.78, 5) is 12.0. The summed E-state index contributed by atoms with van der Waals surface area (Å²) in [5.74, 6) is 5.40. The van der Waals surface area contributed by atoms with Gasteiger partial charge in [-0.15, -0.1) is 0 Å². The summed E-state index contributed by atoms with van der Waals surface area (Å²) in [7, 11) is 0. The number of nitrogens with one attached hydrogen (secondary N) is 1. The molecule has 19 heavy (non-hydrogen) atoms. The second kappa shape index (κ2) is 6.37. The van der Waals surface area contributed by atoms with E-state index in [2.05, 4.69) is 17.2 Å². The van der Waals surface area contributed by atoms with Gasteiger partial charge in [0.25, 0.3) is 0 Å². The van der Waals surface area contributed by atoms with Crippen molar-refractivity contribution in [1.29, 1.82) is 0 Å². The Labute approximate surface area is 112 Å². The van der Waals surface area contributed by atoms with Crippen molar-refractivity contribution in [3.05, 3.63) is 29.3 Å². The van der Waals surface area contributed by atoms with Gasteiger partial charge >= 0.3 is 0 Å². The fourth-order valence-electron chi connectivity index (χ4n) is 2.00. The van der Waals surface area contributed by atoms with Crippen LogP contribution >= 0.6 is 0 Å². The molecule has 4 nitrogen and oxygen atoms in total. The smallest absolute Gasteiger partial charge is 0.229 e. The van der Waals surface area contributed by atoms with Gasteiger partial charge in [-0.1, -0.05) is 11.8 Å². The van der Waals surface area contributed by atoms with E-state index in [1.807, 2.05) is 25.1 Å². The molecule has 1 aromatic carbocycles. The zero-order valence-electron chi connectivity index (χ0n) is 10.9. The van der Waals surface area contributed by atoms with Crippen molar-refractivity contribution in [3.63, 3.8) is 0 Å². The molecule has 1 unspecified atom stereocenters. The van der Waals surface area contributed by atoms with Gasteiger partial charge in [0.1, 0.15) is 6.61 Å². The van der Waals surface area contributed by atoms with Crippen molar-refractivity contribution >= 4 is 11.6 Å². The Morgan fingerprint density at radius 1 is 1.58 bits per heavy atom. The summed E-state index contributed by atoms with van der Waals surface area (Å²) in [5, 5.41) is 11.6. The van der Waals surface area contributed by atoms with Gasteiger partial charge in [0.05, 0.1) is 12.5 Å². The van der Waals surface area contributed by atoms with Crippen molar-refractivity contribution in [1.82, 2.24) is 0 Å². The van der Waals surface area contributed by atoms with Crippen LogP contribution in [-0.4, -0.2) is 30.8 Å². The van der Waals surface area contributed by atoms with Crippen LogP contribution in [0.25, 0.3) is 0 Å². The van der Waals surface area contributed by atoms with Crippen LogP contribution < -0.4 is 5.32 Å². The highest BCUT2D eigenvalue weighted by molar-refractivity contribution is 5.93. The Balaban J connectivity index is 2.06. The average Bonchev–Trinajstić information content (AvgIpc) is 2.93. The van der Waals surface area contributed by atoms with Crippen LogP contribution in [0.5, 0.6) is 0 Å². The highest BCUT2D eigenvalue weighted by Crippen LogP contribution is 2.19. The lowest BCUT2D eigenvalue weighted by molar-refractivity contribution is -0.119. The molecule has 0 spiro atoms. The van der Waals surface area contributed by atoms with Crippen LogP contribution in [0, 0.1) is 24.7 Å². The number of carbonyl (C=O) groups excluding carboxylic acids is 1. The lowest BCUT2D eigenvalue weighted by Crippen LogP contribution is -2.23. The Kier molecular flexibility index (Phi) is 4.56. The zero-order valence-corrected chi connectivity index (χ0v) is 10.9. The number of hydrogen-bond acceptors (Lipinski definition) is 3. The molecule has 2 rings (SSSR count). The monoisotopic (exact) mass is 259 g/mol. The van der Waals surface area contributed by atoms with E-state index >= 15 is 0 Å². The lowest BCUT2D eigenvalue weighted by atomic mass is 10.1. The van der Waals surface area contributed by atoms with Gasteiger partial charge in [-0.2, -0.15) is 0 Å². The highest BCUT2D eigenvalue weighted by atomic mass is 16.5. The van der Waals surface area contributed by atoms with Crippen LogP contribution in [-0.2, 0) is 9.53 Å². The van der Waals surface area contributed by atoms with Gasteiger partial charge in [0, 0.05) is 17.9 Å². The van der Waals surface area contributed by atoms with Crippen LogP contribution in [0.2, 0.25) is 0 Å². The Morgan fingerprint density at radius 2 is 2.42 bits per heavy atom. The quantitative estimate of drug-likeness (QED) is 0.787. The molecular weight excluding hydrogens is 242 g/mol. The van der Waals surface area contributed by atoms with Crippen LogP contribution in [0.4, 0.5) is 5.69 Å². The molecule has 0 bridgehead atoms. The van der Waals surface area contributed by atoms with E-state index < -0.39 is 0 Å². The first kappa shape index (κ1) is 13.6. The second-order valence-corrected chi connectivity index (χ2v) is 4.54. The van der Waals surface area contributed by atoms with Gasteiger partial charge in [-0.3, -0.25) is 4.79 Å². The molecule has 0 aromatic heterocycles. The van der Waals surface area contributed by atoms with E-state index in [9.17, 15) is 4.79 Å².